The third-order valence-electron chi connectivity index (χ3n) is 4.80. The molecule has 1 heterocycles. The number of benzene rings is 3. The summed E-state index contributed by atoms with van der Waals surface area (Å²) in [6.45, 7) is 2.49. The molecule has 3 nitrogen and oxygen atoms in total. The van der Waals surface area contributed by atoms with Gasteiger partial charge in [0.2, 0.25) is 0 Å². The molecular weight excluding hydrogens is 324 g/mol. The molecule has 0 radical (unpaired) electrons. The zero-order valence-electron chi connectivity index (χ0n) is 14.6. The molecule has 1 aliphatic heterocycles. The lowest BCUT2D eigenvalue weighted by Gasteiger charge is -2.35. The Bertz CT molecular complexity index is 916. The van der Waals surface area contributed by atoms with E-state index in [4.69, 9.17) is 9.47 Å². The Kier molecular flexibility index (Phi) is 4.21. The van der Waals surface area contributed by atoms with Gasteiger partial charge in [0.25, 0.3) is 0 Å². The maximum atomic E-state index is 12.4. The van der Waals surface area contributed by atoms with Gasteiger partial charge in [-0.3, -0.25) is 0 Å². The molecule has 130 valence electrons. The maximum absolute atomic E-state index is 12.4. The van der Waals surface area contributed by atoms with Gasteiger partial charge in [0, 0.05) is 6.42 Å². The quantitative estimate of drug-likeness (QED) is 0.632. The highest BCUT2D eigenvalue weighted by atomic mass is 16.6. The molecule has 1 aliphatic rings. The van der Waals surface area contributed by atoms with Crippen molar-refractivity contribution < 1.29 is 14.3 Å². The van der Waals surface area contributed by atoms with E-state index in [-0.39, 0.29) is 5.97 Å². The Balaban J connectivity index is 1.51. The lowest BCUT2D eigenvalue weighted by molar-refractivity contribution is -0.0182. The smallest absolute Gasteiger partial charge is 0.339 e. The SMILES string of the molecule is CC1(c2ccc(OCc3ccccc3)cc2)Cc2ccccc2C(=O)O1. The first kappa shape index (κ1) is 16.4. The molecule has 26 heavy (non-hydrogen) atoms. The third kappa shape index (κ3) is 3.21. The molecule has 3 aromatic rings. The van der Waals surface area contributed by atoms with Crippen molar-refractivity contribution in [2.75, 3.05) is 0 Å². The maximum Gasteiger partial charge on any atom is 0.339 e. The van der Waals surface area contributed by atoms with E-state index >= 15 is 0 Å². The Morgan fingerprint density at radius 2 is 1.62 bits per heavy atom. The minimum Gasteiger partial charge on any atom is -0.489 e. The van der Waals surface area contributed by atoms with Gasteiger partial charge in [-0.1, -0.05) is 60.7 Å². The predicted molar refractivity (Wildman–Crippen MR) is 100 cm³/mol. The highest BCUT2D eigenvalue weighted by Gasteiger charge is 2.37. The van der Waals surface area contributed by atoms with Crippen molar-refractivity contribution in [2.24, 2.45) is 0 Å². The number of esters is 1. The van der Waals surface area contributed by atoms with Gasteiger partial charge in [0.1, 0.15) is 18.0 Å². The van der Waals surface area contributed by atoms with E-state index < -0.39 is 5.60 Å². The average Bonchev–Trinajstić information content (AvgIpc) is 2.67. The minimum absolute atomic E-state index is 0.265. The molecule has 0 fully saturated rings. The summed E-state index contributed by atoms with van der Waals surface area (Å²) in [5.41, 5.74) is 3.11. The largest absolute Gasteiger partial charge is 0.489 e. The first-order valence-corrected chi connectivity index (χ1v) is 8.73. The van der Waals surface area contributed by atoms with E-state index in [9.17, 15) is 4.79 Å². The fourth-order valence-corrected chi connectivity index (χ4v) is 3.34. The Labute approximate surface area is 153 Å². The molecule has 1 atom stereocenters. The van der Waals surface area contributed by atoms with Crippen LogP contribution in [-0.4, -0.2) is 5.97 Å². The zero-order valence-corrected chi connectivity index (χ0v) is 14.6. The van der Waals surface area contributed by atoms with Crippen LogP contribution in [0.3, 0.4) is 0 Å². The number of hydrogen-bond donors (Lipinski definition) is 0. The number of ether oxygens (including phenoxy) is 2. The van der Waals surface area contributed by atoms with Crippen LogP contribution in [-0.2, 0) is 23.4 Å². The van der Waals surface area contributed by atoms with Crippen LogP contribution in [0.5, 0.6) is 5.75 Å². The molecule has 4 rings (SSSR count). The fourth-order valence-electron chi connectivity index (χ4n) is 3.34. The average molecular weight is 344 g/mol. The molecule has 0 aromatic heterocycles. The molecule has 0 saturated heterocycles. The minimum atomic E-state index is -0.663. The summed E-state index contributed by atoms with van der Waals surface area (Å²) < 4.78 is 11.6. The topological polar surface area (TPSA) is 35.5 Å². The number of rotatable bonds is 4. The van der Waals surface area contributed by atoms with Crippen LogP contribution in [0.2, 0.25) is 0 Å². The third-order valence-corrected chi connectivity index (χ3v) is 4.80. The summed E-state index contributed by atoms with van der Waals surface area (Å²) in [5.74, 6) is 0.530. The molecule has 3 heteroatoms. The molecule has 0 saturated carbocycles. The monoisotopic (exact) mass is 344 g/mol. The van der Waals surface area contributed by atoms with E-state index in [0.717, 1.165) is 22.4 Å². The second-order valence-electron chi connectivity index (χ2n) is 6.75. The Morgan fingerprint density at radius 1 is 0.923 bits per heavy atom. The number of fused-ring (bicyclic) bond motifs is 1. The first-order chi connectivity index (χ1) is 12.6. The van der Waals surface area contributed by atoms with Crippen LogP contribution in [0.25, 0.3) is 0 Å². The van der Waals surface area contributed by atoms with Gasteiger partial charge in [-0.05, 0) is 41.8 Å². The number of carbonyl (C=O) groups excluding carboxylic acids is 1. The van der Waals surface area contributed by atoms with E-state index in [0.29, 0.717) is 18.6 Å². The van der Waals surface area contributed by atoms with Crippen LogP contribution in [0.4, 0.5) is 0 Å². The molecule has 1 unspecified atom stereocenters. The van der Waals surface area contributed by atoms with Crippen molar-refractivity contribution in [2.45, 2.75) is 25.6 Å². The second kappa shape index (κ2) is 6.68. The molecule has 0 spiro atoms. The van der Waals surface area contributed by atoms with Crippen LogP contribution < -0.4 is 4.74 Å². The first-order valence-electron chi connectivity index (χ1n) is 8.73. The standard InChI is InChI=1S/C23H20O3/c1-23(15-18-9-5-6-10-21(18)22(24)26-23)19-11-13-20(14-12-19)25-16-17-7-3-2-4-8-17/h2-14H,15-16H2,1H3. The molecular formula is C23H20O3. The lowest BCUT2D eigenvalue weighted by Crippen LogP contribution is -2.36. The molecule has 3 aromatic carbocycles. The van der Waals surface area contributed by atoms with Crippen molar-refractivity contribution in [3.8, 4) is 5.75 Å². The van der Waals surface area contributed by atoms with Crippen LogP contribution >= 0.6 is 0 Å². The summed E-state index contributed by atoms with van der Waals surface area (Å²) in [5, 5.41) is 0. The lowest BCUT2D eigenvalue weighted by atomic mass is 9.85. The molecule has 0 N–H and O–H groups in total. The van der Waals surface area contributed by atoms with E-state index in [1.165, 1.54) is 0 Å². The number of cyclic esters (lactones) is 1. The summed E-state index contributed by atoms with van der Waals surface area (Å²) >= 11 is 0. The van der Waals surface area contributed by atoms with Gasteiger partial charge < -0.3 is 9.47 Å². The van der Waals surface area contributed by atoms with Gasteiger partial charge >= 0.3 is 5.97 Å². The highest BCUT2D eigenvalue weighted by molar-refractivity contribution is 5.92. The summed E-state index contributed by atoms with van der Waals surface area (Å²) in [7, 11) is 0. The van der Waals surface area contributed by atoms with Crippen molar-refractivity contribution in [3.05, 3.63) is 101 Å². The Morgan fingerprint density at radius 3 is 2.38 bits per heavy atom. The van der Waals surface area contributed by atoms with Gasteiger partial charge in [-0.15, -0.1) is 0 Å². The van der Waals surface area contributed by atoms with Gasteiger partial charge in [-0.25, -0.2) is 4.79 Å². The summed E-state index contributed by atoms with van der Waals surface area (Å²) in [6.07, 6.45) is 0.666. The van der Waals surface area contributed by atoms with Crippen LogP contribution in [0, 0.1) is 0 Å². The second-order valence-corrected chi connectivity index (χ2v) is 6.75. The van der Waals surface area contributed by atoms with Gasteiger partial charge in [-0.2, -0.15) is 0 Å². The summed E-state index contributed by atoms with van der Waals surface area (Å²) in [6, 6.07) is 25.5. The summed E-state index contributed by atoms with van der Waals surface area (Å²) in [4.78, 5) is 12.4. The molecule has 0 bridgehead atoms. The number of hydrogen-bond acceptors (Lipinski definition) is 3. The van der Waals surface area contributed by atoms with Gasteiger partial charge in [0.05, 0.1) is 5.56 Å². The highest BCUT2D eigenvalue weighted by Crippen LogP contribution is 2.36. The molecule has 0 amide bonds. The normalized spacial score (nSPS) is 18.7. The van der Waals surface area contributed by atoms with Crippen molar-refractivity contribution in [1.29, 1.82) is 0 Å². The van der Waals surface area contributed by atoms with Crippen molar-refractivity contribution in [3.63, 3.8) is 0 Å². The number of carbonyl (C=O) groups is 1. The van der Waals surface area contributed by atoms with E-state index in [1.54, 1.807) is 0 Å². The molecule has 0 aliphatic carbocycles. The van der Waals surface area contributed by atoms with Crippen molar-refractivity contribution >= 4 is 5.97 Å². The van der Waals surface area contributed by atoms with Gasteiger partial charge in [0.15, 0.2) is 0 Å². The van der Waals surface area contributed by atoms with E-state index in [2.05, 4.69) is 0 Å². The van der Waals surface area contributed by atoms with Crippen LogP contribution in [0.15, 0.2) is 78.9 Å². The zero-order chi connectivity index (χ0) is 18.0. The van der Waals surface area contributed by atoms with Crippen LogP contribution in [0.1, 0.15) is 34.0 Å². The Hall–Kier alpha value is -3.07. The predicted octanol–water partition coefficient (Wildman–Crippen LogP) is 4.89. The van der Waals surface area contributed by atoms with E-state index in [1.807, 2.05) is 85.8 Å². The van der Waals surface area contributed by atoms with Crippen molar-refractivity contribution in [1.82, 2.24) is 0 Å². The fraction of sp³-hybridized carbons (Fsp3) is 0.174.